The van der Waals surface area contributed by atoms with Gasteiger partial charge in [-0.3, -0.25) is 4.79 Å². The molecule has 5 nitrogen and oxygen atoms in total. The van der Waals surface area contributed by atoms with E-state index in [1.54, 1.807) is 12.1 Å². The maximum absolute atomic E-state index is 13.1. The molecule has 1 amide bonds. The predicted molar refractivity (Wildman–Crippen MR) is 116 cm³/mol. The van der Waals surface area contributed by atoms with Crippen LogP contribution in [0.2, 0.25) is 0 Å². The van der Waals surface area contributed by atoms with Gasteiger partial charge in [0, 0.05) is 13.1 Å². The van der Waals surface area contributed by atoms with Crippen LogP contribution in [0.25, 0.3) is 0 Å². The third-order valence-electron chi connectivity index (χ3n) is 5.59. The Morgan fingerprint density at radius 1 is 1.17 bits per heavy atom. The molecule has 7 heteroatoms. The number of nitrogens with one attached hydrogen (secondary N) is 1. The summed E-state index contributed by atoms with van der Waals surface area (Å²) in [4.78, 5) is 12.7. The van der Waals surface area contributed by atoms with E-state index < -0.39 is 10.0 Å². The summed E-state index contributed by atoms with van der Waals surface area (Å²) in [6.45, 7) is 2.52. The first kappa shape index (κ1) is 22.4. The lowest BCUT2D eigenvalue weighted by molar-refractivity contribution is -0.126. The maximum Gasteiger partial charge on any atom is 0.224 e. The van der Waals surface area contributed by atoms with Crippen molar-refractivity contribution < 1.29 is 17.6 Å². The number of carbonyl (C=O) groups excluding carboxylic acids is 1. The van der Waals surface area contributed by atoms with Gasteiger partial charge < -0.3 is 5.32 Å². The number of piperidine rings is 1. The Balaban J connectivity index is 1.53. The van der Waals surface area contributed by atoms with Crippen LogP contribution in [0.15, 0.2) is 54.6 Å². The summed E-state index contributed by atoms with van der Waals surface area (Å²) >= 11 is 0. The van der Waals surface area contributed by atoms with Gasteiger partial charge in [-0.1, -0.05) is 42.5 Å². The van der Waals surface area contributed by atoms with Gasteiger partial charge in [-0.2, -0.15) is 0 Å². The first-order valence-corrected chi connectivity index (χ1v) is 12.0. The molecule has 162 valence electrons. The molecular formula is C23H29FN2O3S. The van der Waals surface area contributed by atoms with Crippen LogP contribution in [0.4, 0.5) is 4.39 Å². The predicted octanol–water partition coefficient (Wildman–Crippen LogP) is 3.68. The third-order valence-corrected chi connectivity index (χ3v) is 7.51. The Labute approximate surface area is 178 Å². The lowest BCUT2D eigenvalue weighted by Crippen LogP contribution is -2.46. The van der Waals surface area contributed by atoms with Crippen molar-refractivity contribution in [2.45, 2.75) is 38.6 Å². The summed E-state index contributed by atoms with van der Waals surface area (Å²) in [5.74, 6) is -0.762. The standard InChI is InChI=1S/C23H29FN2O3S/c1-18(20-11-13-22(24)14-12-20)25-23(27)21-10-5-15-26(17-21)30(28,29)16-6-9-19-7-3-2-4-8-19/h2-4,7-8,11-14,18,21H,5-6,9-10,15-17H2,1H3,(H,25,27). The second kappa shape index (κ2) is 10.2. The molecule has 1 N–H and O–H groups in total. The van der Waals surface area contributed by atoms with Gasteiger partial charge in [-0.05, 0) is 55.9 Å². The molecule has 1 aliphatic rings. The van der Waals surface area contributed by atoms with Crippen LogP contribution in [-0.2, 0) is 21.2 Å². The maximum atomic E-state index is 13.1. The number of amides is 1. The van der Waals surface area contributed by atoms with E-state index in [0.29, 0.717) is 32.2 Å². The smallest absolute Gasteiger partial charge is 0.224 e. The fourth-order valence-corrected chi connectivity index (χ4v) is 5.39. The molecule has 1 heterocycles. The van der Waals surface area contributed by atoms with E-state index in [4.69, 9.17) is 0 Å². The molecule has 0 saturated carbocycles. The highest BCUT2D eigenvalue weighted by molar-refractivity contribution is 7.89. The van der Waals surface area contributed by atoms with Crippen molar-refractivity contribution in [2.24, 2.45) is 5.92 Å². The number of aryl methyl sites for hydroxylation is 1. The summed E-state index contributed by atoms with van der Waals surface area (Å²) < 4.78 is 40.1. The molecule has 1 saturated heterocycles. The molecular weight excluding hydrogens is 403 g/mol. The molecule has 2 unspecified atom stereocenters. The quantitative estimate of drug-likeness (QED) is 0.692. The molecule has 0 aliphatic carbocycles. The zero-order chi connectivity index (χ0) is 21.6. The first-order chi connectivity index (χ1) is 14.3. The van der Waals surface area contributed by atoms with Crippen LogP contribution in [0.3, 0.4) is 0 Å². The summed E-state index contributed by atoms with van der Waals surface area (Å²) in [7, 11) is -3.39. The average molecular weight is 433 g/mol. The Bertz CT molecular complexity index is 933. The number of sulfonamides is 1. The molecule has 0 radical (unpaired) electrons. The molecule has 0 bridgehead atoms. The van der Waals surface area contributed by atoms with Crippen molar-refractivity contribution >= 4 is 15.9 Å². The largest absolute Gasteiger partial charge is 0.349 e. The summed E-state index contributed by atoms with van der Waals surface area (Å²) in [6.07, 6.45) is 2.60. The van der Waals surface area contributed by atoms with E-state index in [1.807, 2.05) is 37.3 Å². The van der Waals surface area contributed by atoms with E-state index in [2.05, 4.69) is 5.32 Å². The average Bonchev–Trinajstić information content (AvgIpc) is 2.75. The van der Waals surface area contributed by atoms with E-state index in [0.717, 1.165) is 11.1 Å². The highest BCUT2D eigenvalue weighted by Gasteiger charge is 2.32. The Morgan fingerprint density at radius 2 is 1.87 bits per heavy atom. The van der Waals surface area contributed by atoms with E-state index >= 15 is 0 Å². The SMILES string of the molecule is CC(NC(=O)C1CCCN(S(=O)(=O)CCCc2ccccc2)C1)c1ccc(F)cc1. The summed E-state index contributed by atoms with van der Waals surface area (Å²) in [5, 5.41) is 2.94. The van der Waals surface area contributed by atoms with Gasteiger partial charge in [0.1, 0.15) is 5.82 Å². The van der Waals surface area contributed by atoms with Gasteiger partial charge in [0.15, 0.2) is 0 Å². The Morgan fingerprint density at radius 3 is 2.57 bits per heavy atom. The Hall–Kier alpha value is -2.25. The fraction of sp³-hybridized carbons (Fsp3) is 0.435. The summed E-state index contributed by atoms with van der Waals surface area (Å²) in [6, 6.07) is 15.6. The van der Waals surface area contributed by atoms with Crippen molar-refractivity contribution in [1.82, 2.24) is 9.62 Å². The second-order valence-corrected chi connectivity index (χ2v) is 9.97. The van der Waals surface area contributed by atoms with Crippen LogP contribution in [0.1, 0.15) is 43.4 Å². The lowest BCUT2D eigenvalue weighted by Gasteiger charge is -2.32. The molecule has 2 aromatic carbocycles. The fourth-order valence-electron chi connectivity index (χ4n) is 3.81. The molecule has 0 spiro atoms. The number of halogens is 1. The normalized spacial score (nSPS) is 18.7. The minimum atomic E-state index is -3.39. The van der Waals surface area contributed by atoms with Crippen LogP contribution in [0, 0.1) is 11.7 Å². The lowest BCUT2D eigenvalue weighted by atomic mass is 9.98. The molecule has 2 atom stereocenters. The number of hydrogen-bond donors (Lipinski definition) is 1. The number of hydrogen-bond acceptors (Lipinski definition) is 3. The van der Waals surface area contributed by atoms with Gasteiger partial charge in [0.2, 0.25) is 15.9 Å². The number of rotatable bonds is 8. The highest BCUT2D eigenvalue weighted by Crippen LogP contribution is 2.22. The molecule has 1 fully saturated rings. The minimum absolute atomic E-state index is 0.0855. The molecule has 30 heavy (non-hydrogen) atoms. The van der Waals surface area contributed by atoms with E-state index in [-0.39, 0.29) is 36.0 Å². The first-order valence-electron chi connectivity index (χ1n) is 10.4. The zero-order valence-electron chi connectivity index (χ0n) is 17.3. The number of carbonyl (C=O) groups is 1. The van der Waals surface area contributed by atoms with Crippen molar-refractivity contribution in [3.63, 3.8) is 0 Å². The van der Waals surface area contributed by atoms with Crippen molar-refractivity contribution in [1.29, 1.82) is 0 Å². The van der Waals surface area contributed by atoms with Gasteiger partial charge in [-0.25, -0.2) is 17.1 Å². The van der Waals surface area contributed by atoms with Crippen LogP contribution < -0.4 is 5.32 Å². The van der Waals surface area contributed by atoms with E-state index in [9.17, 15) is 17.6 Å². The highest BCUT2D eigenvalue weighted by atomic mass is 32.2. The molecule has 1 aliphatic heterocycles. The van der Waals surface area contributed by atoms with Crippen molar-refractivity contribution in [3.8, 4) is 0 Å². The monoisotopic (exact) mass is 432 g/mol. The molecule has 2 aromatic rings. The second-order valence-electron chi connectivity index (χ2n) is 7.88. The van der Waals surface area contributed by atoms with Gasteiger partial charge in [0.05, 0.1) is 17.7 Å². The number of nitrogens with zero attached hydrogens (tertiary/aromatic N) is 1. The van der Waals surface area contributed by atoms with Gasteiger partial charge in [0.25, 0.3) is 0 Å². The third kappa shape index (κ3) is 6.12. The molecule has 0 aromatic heterocycles. The van der Waals surface area contributed by atoms with Gasteiger partial charge in [-0.15, -0.1) is 0 Å². The van der Waals surface area contributed by atoms with Crippen molar-refractivity contribution in [3.05, 3.63) is 71.5 Å². The summed E-state index contributed by atoms with van der Waals surface area (Å²) in [5.41, 5.74) is 1.93. The zero-order valence-corrected chi connectivity index (χ0v) is 18.1. The minimum Gasteiger partial charge on any atom is -0.349 e. The topological polar surface area (TPSA) is 66.5 Å². The molecule has 3 rings (SSSR count). The van der Waals surface area contributed by atoms with Crippen LogP contribution in [-0.4, -0.2) is 37.5 Å². The van der Waals surface area contributed by atoms with E-state index in [1.165, 1.54) is 16.4 Å². The number of benzene rings is 2. The van der Waals surface area contributed by atoms with Crippen LogP contribution in [0.5, 0.6) is 0 Å². The van der Waals surface area contributed by atoms with Crippen molar-refractivity contribution in [2.75, 3.05) is 18.8 Å². The van der Waals surface area contributed by atoms with Crippen LogP contribution >= 0.6 is 0 Å². The van der Waals surface area contributed by atoms with Gasteiger partial charge >= 0.3 is 0 Å². The Kier molecular flexibility index (Phi) is 7.61.